The number of hydrogen-bond donors (Lipinski definition) is 3. The largest absolute Gasteiger partial charge is 0.491 e. The molecule has 0 aromatic heterocycles. The van der Waals surface area contributed by atoms with Gasteiger partial charge >= 0.3 is 0 Å². The van der Waals surface area contributed by atoms with E-state index in [-0.39, 0.29) is 30.6 Å². The lowest BCUT2D eigenvalue weighted by molar-refractivity contribution is -0.114. The zero-order valence-electron chi connectivity index (χ0n) is 18.7. The predicted molar refractivity (Wildman–Crippen MR) is 126 cm³/mol. The molecule has 0 bridgehead atoms. The summed E-state index contributed by atoms with van der Waals surface area (Å²) in [5, 5.41) is 8.83. The number of benzene rings is 2. The van der Waals surface area contributed by atoms with E-state index < -0.39 is 0 Å². The molecule has 0 spiro atoms. The molecule has 33 heavy (non-hydrogen) atoms. The number of rotatable bonds is 10. The molecule has 2 aliphatic heterocycles. The predicted octanol–water partition coefficient (Wildman–Crippen LogP) is 3.20. The molecular formula is C25H31N3O5. The van der Waals surface area contributed by atoms with Gasteiger partial charge in [-0.2, -0.15) is 0 Å². The summed E-state index contributed by atoms with van der Waals surface area (Å²) in [6, 6.07) is 14.4. The highest BCUT2D eigenvalue weighted by atomic mass is 16.5. The fraction of sp³-hybridized carbons (Fsp3) is 0.440. The molecule has 2 heterocycles. The Hall–Kier alpha value is -3.10. The Labute approximate surface area is 194 Å². The van der Waals surface area contributed by atoms with E-state index >= 15 is 0 Å². The Balaban J connectivity index is 1.22. The first kappa shape index (κ1) is 23.1. The SMILES string of the molecule is O=C(CNc1cccc(OCC2CCCO2)c1)Nc1cccc(C(=O)NCC2CCCO2)c1. The maximum Gasteiger partial charge on any atom is 0.251 e. The molecule has 2 aromatic carbocycles. The molecule has 2 fully saturated rings. The minimum atomic E-state index is -0.211. The molecule has 0 saturated carbocycles. The van der Waals surface area contributed by atoms with E-state index in [4.69, 9.17) is 14.2 Å². The van der Waals surface area contributed by atoms with Crippen LogP contribution < -0.4 is 20.7 Å². The molecule has 3 N–H and O–H groups in total. The van der Waals surface area contributed by atoms with Crippen LogP contribution in [0.15, 0.2) is 48.5 Å². The van der Waals surface area contributed by atoms with Crippen LogP contribution in [0.4, 0.5) is 11.4 Å². The highest BCUT2D eigenvalue weighted by Crippen LogP contribution is 2.20. The Morgan fingerprint density at radius 1 is 0.939 bits per heavy atom. The minimum absolute atomic E-state index is 0.0860. The first-order chi connectivity index (χ1) is 16.2. The van der Waals surface area contributed by atoms with E-state index in [1.165, 1.54) is 0 Å². The first-order valence-electron chi connectivity index (χ1n) is 11.5. The first-order valence-corrected chi connectivity index (χ1v) is 11.5. The van der Waals surface area contributed by atoms with E-state index in [2.05, 4.69) is 16.0 Å². The van der Waals surface area contributed by atoms with Crippen molar-refractivity contribution in [3.05, 3.63) is 54.1 Å². The van der Waals surface area contributed by atoms with Gasteiger partial charge in [0.05, 0.1) is 18.8 Å². The van der Waals surface area contributed by atoms with E-state index in [0.29, 0.717) is 24.4 Å². The second-order valence-electron chi connectivity index (χ2n) is 8.30. The summed E-state index contributed by atoms with van der Waals surface area (Å²) < 4.78 is 16.9. The molecule has 8 heteroatoms. The molecule has 2 amide bonds. The lowest BCUT2D eigenvalue weighted by Crippen LogP contribution is -2.31. The van der Waals surface area contributed by atoms with Gasteiger partial charge in [-0.25, -0.2) is 0 Å². The molecule has 4 rings (SSSR count). The van der Waals surface area contributed by atoms with Crippen LogP contribution in [0.5, 0.6) is 5.75 Å². The molecule has 2 saturated heterocycles. The van der Waals surface area contributed by atoms with Crippen LogP contribution in [-0.4, -0.2) is 56.9 Å². The normalized spacial score (nSPS) is 19.8. The standard InChI is InChI=1S/C25H31N3O5/c29-24(16-26-19-6-2-8-21(14-19)33-17-23-10-4-12-32-23)28-20-7-1-5-18(13-20)25(30)27-15-22-9-3-11-31-22/h1-2,5-8,13-14,22-23,26H,3-4,9-12,15-17H2,(H,27,30)(H,28,29). The zero-order valence-corrected chi connectivity index (χ0v) is 18.7. The third-order valence-corrected chi connectivity index (χ3v) is 5.67. The quantitative estimate of drug-likeness (QED) is 0.511. The van der Waals surface area contributed by atoms with Crippen molar-refractivity contribution in [2.45, 2.75) is 37.9 Å². The topological polar surface area (TPSA) is 97.9 Å². The average Bonchev–Trinajstić information content (AvgIpc) is 3.55. The third-order valence-electron chi connectivity index (χ3n) is 5.67. The van der Waals surface area contributed by atoms with Crippen molar-refractivity contribution in [3.8, 4) is 5.75 Å². The minimum Gasteiger partial charge on any atom is -0.491 e. The van der Waals surface area contributed by atoms with Gasteiger partial charge in [0.15, 0.2) is 0 Å². The summed E-state index contributed by atoms with van der Waals surface area (Å²) in [4.78, 5) is 24.8. The number of nitrogens with one attached hydrogen (secondary N) is 3. The molecule has 0 radical (unpaired) electrons. The fourth-order valence-electron chi connectivity index (χ4n) is 3.90. The van der Waals surface area contributed by atoms with Crippen molar-refractivity contribution in [3.63, 3.8) is 0 Å². The van der Waals surface area contributed by atoms with Crippen LogP contribution in [0.2, 0.25) is 0 Å². The van der Waals surface area contributed by atoms with Crippen LogP contribution in [-0.2, 0) is 14.3 Å². The molecule has 2 atom stereocenters. The summed E-state index contributed by atoms with van der Waals surface area (Å²) >= 11 is 0. The van der Waals surface area contributed by atoms with Gasteiger partial charge in [0.25, 0.3) is 5.91 Å². The van der Waals surface area contributed by atoms with Gasteiger partial charge in [0, 0.05) is 42.8 Å². The third kappa shape index (κ3) is 7.20. The average molecular weight is 454 g/mol. The molecule has 2 unspecified atom stereocenters. The van der Waals surface area contributed by atoms with Gasteiger partial charge in [-0.3, -0.25) is 9.59 Å². The van der Waals surface area contributed by atoms with Gasteiger partial charge in [0.2, 0.25) is 5.91 Å². The second kappa shape index (κ2) is 11.7. The number of carbonyl (C=O) groups excluding carboxylic acids is 2. The monoisotopic (exact) mass is 453 g/mol. The van der Waals surface area contributed by atoms with E-state index in [1.54, 1.807) is 24.3 Å². The van der Waals surface area contributed by atoms with Crippen molar-refractivity contribution < 1.29 is 23.8 Å². The van der Waals surface area contributed by atoms with E-state index in [1.807, 2.05) is 24.3 Å². The van der Waals surface area contributed by atoms with Gasteiger partial charge < -0.3 is 30.2 Å². The van der Waals surface area contributed by atoms with Gasteiger partial charge in [-0.1, -0.05) is 12.1 Å². The van der Waals surface area contributed by atoms with Crippen molar-refractivity contribution in [2.24, 2.45) is 0 Å². The van der Waals surface area contributed by atoms with Gasteiger partial charge in [-0.05, 0) is 56.0 Å². The van der Waals surface area contributed by atoms with Crippen LogP contribution in [0.25, 0.3) is 0 Å². The van der Waals surface area contributed by atoms with Crippen molar-refractivity contribution in [1.29, 1.82) is 0 Å². The molecule has 0 aliphatic carbocycles. The summed E-state index contributed by atoms with van der Waals surface area (Å²) in [6.07, 6.45) is 4.34. The number of ether oxygens (including phenoxy) is 3. The number of anilines is 2. The van der Waals surface area contributed by atoms with Gasteiger partial charge in [0.1, 0.15) is 12.4 Å². The highest BCUT2D eigenvalue weighted by Gasteiger charge is 2.17. The molecule has 8 nitrogen and oxygen atoms in total. The van der Waals surface area contributed by atoms with Crippen molar-refractivity contribution in [2.75, 3.05) is 43.5 Å². The van der Waals surface area contributed by atoms with Crippen LogP contribution >= 0.6 is 0 Å². The van der Waals surface area contributed by atoms with Gasteiger partial charge in [-0.15, -0.1) is 0 Å². The molecule has 2 aromatic rings. The molecule has 2 aliphatic rings. The Morgan fingerprint density at radius 2 is 1.70 bits per heavy atom. The highest BCUT2D eigenvalue weighted by molar-refractivity contribution is 5.98. The lowest BCUT2D eigenvalue weighted by atomic mass is 10.1. The maximum atomic E-state index is 12.4. The van der Waals surface area contributed by atoms with Crippen LogP contribution in [0, 0.1) is 0 Å². The summed E-state index contributed by atoms with van der Waals surface area (Å²) in [5.41, 5.74) is 1.85. The Bertz CT molecular complexity index is 939. The van der Waals surface area contributed by atoms with Crippen LogP contribution in [0.3, 0.4) is 0 Å². The van der Waals surface area contributed by atoms with Crippen molar-refractivity contribution >= 4 is 23.2 Å². The van der Waals surface area contributed by atoms with E-state index in [0.717, 1.165) is 50.3 Å². The molecular weight excluding hydrogens is 422 g/mol. The smallest absolute Gasteiger partial charge is 0.251 e. The summed E-state index contributed by atoms with van der Waals surface area (Å²) in [5.74, 6) is 0.342. The maximum absolute atomic E-state index is 12.4. The lowest BCUT2D eigenvalue weighted by Gasteiger charge is -2.13. The summed E-state index contributed by atoms with van der Waals surface area (Å²) in [6.45, 7) is 2.67. The van der Waals surface area contributed by atoms with Crippen LogP contribution in [0.1, 0.15) is 36.0 Å². The zero-order chi connectivity index (χ0) is 22.9. The second-order valence-corrected chi connectivity index (χ2v) is 8.30. The Kier molecular flexibility index (Phi) is 8.16. The van der Waals surface area contributed by atoms with E-state index in [9.17, 15) is 9.59 Å². The molecule has 176 valence electrons. The fourth-order valence-corrected chi connectivity index (χ4v) is 3.90. The number of amides is 2. The number of hydrogen-bond acceptors (Lipinski definition) is 6. The summed E-state index contributed by atoms with van der Waals surface area (Å²) in [7, 11) is 0. The Morgan fingerprint density at radius 3 is 2.48 bits per heavy atom. The number of carbonyl (C=O) groups is 2. The van der Waals surface area contributed by atoms with Crippen molar-refractivity contribution in [1.82, 2.24) is 5.32 Å².